The number of aryl methyl sites for hydroxylation is 1. The van der Waals surface area contributed by atoms with Gasteiger partial charge in [-0.1, -0.05) is 43.8 Å². The summed E-state index contributed by atoms with van der Waals surface area (Å²) in [6, 6.07) is 8.05. The molecule has 0 aliphatic heterocycles. The minimum Gasteiger partial charge on any atom is -0.325 e. The average Bonchev–Trinajstić information content (AvgIpc) is 2.92. The summed E-state index contributed by atoms with van der Waals surface area (Å²) in [7, 11) is 0. The molecule has 1 heterocycles. The highest BCUT2D eigenvalue weighted by Crippen LogP contribution is 2.29. The topological polar surface area (TPSA) is 42.0 Å². The molecule has 3 nitrogen and oxygen atoms in total. The van der Waals surface area contributed by atoms with Crippen molar-refractivity contribution in [3.63, 3.8) is 0 Å². The Morgan fingerprint density at radius 3 is 2.73 bits per heavy atom. The van der Waals surface area contributed by atoms with E-state index in [1.807, 2.05) is 37.4 Å². The van der Waals surface area contributed by atoms with Crippen molar-refractivity contribution in [2.45, 2.75) is 49.6 Å². The number of rotatable bonds is 6. The van der Waals surface area contributed by atoms with E-state index in [4.69, 9.17) is 0 Å². The minimum atomic E-state index is -0.171. The Morgan fingerprint density at radius 1 is 1.36 bits per heavy atom. The lowest BCUT2D eigenvalue weighted by atomic mass is 9.97. The summed E-state index contributed by atoms with van der Waals surface area (Å²) in [5, 5.41) is 4.90. The van der Waals surface area contributed by atoms with Crippen LogP contribution in [0.25, 0.3) is 0 Å². The standard InChI is InChI=1S/C17H22N2OS2/c1-5-11(2)14-8-6-7-9-15(14)19-16(20)13(4)22-17-18-12(3)10-21-17/h6-11,13H,5H2,1-4H3,(H,19,20). The lowest BCUT2D eigenvalue weighted by molar-refractivity contribution is -0.115. The fraction of sp³-hybridized carbons (Fsp3) is 0.412. The van der Waals surface area contributed by atoms with Gasteiger partial charge in [0.1, 0.15) is 0 Å². The van der Waals surface area contributed by atoms with E-state index in [2.05, 4.69) is 30.2 Å². The van der Waals surface area contributed by atoms with E-state index in [1.54, 1.807) is 11.3 Å². The smallest absolute Gasteiger partial charge is 0.237 e. The molecule has 0 radical (unpaired) electrons. The Bertz CT molecular complexity index is 639. The van der Waals surface area contributed by atoms with E-state index >= 15 is 0 Å². The number of hydrogen-bond donors (Lipinski definition) is 1. The largest absolute Gasteiger partial charge is 0.325 e. The van der Waals surface area contributed by atoms with Crippen LogP contribution in [0.4, 0.5) is 5.69 Å². The number of anilines is 1. The summed E-state index contributed by atoms with van der Waals surface area (Å²) >= 11 is 3.09. The second-order valence-electron chi connectivity index (χ2n) is 5.40. The Morgan fingerprint density at radius 2 is 2.09 bits per heavy atom. The number of benzene rings is 1. The number of nitrogens with zero attached hydrogens (tertiary/aromatic N) is 1. The van der Waals surface area contributed by atoms with E-state index < -0.39 is 0 Å². The normalized spacial score (nSPS) is 13.6. The molecule has 0 aliphatic rings. The van der Waals surface area contributed by atoms with Crippen molar-refractivity contribution in [3.8, 4) is 0 Å². The molecule has 0 fully saturated rings. The van der Waals surface area contributed by atoms with E-state index in [9.17, 15) is 4.79 Å². The summed E-state index contributed by atoms with van der Waals surface area (Å²) in [4.78, 5) is 16.8. The van der Waals surface area contributed by atoms with Crippen molar-refractivity contribution in [3.05, 3.63) is 40.9 Å². The molecule has 1 aromatic heterocycles. The van der Waals surface area contributed by atoms with Crippen LogP contribution in [0.5, 0.6) is 0 Å². The number of carbonyl (C=O) groups is 1. The zero-order valence-corrected chi connectivity index (χ0v) is 15.1. The van der Waals surface area contributed by atoms with Crippen LogP contribution < -0.4 is 5.32 Å². The van der Waals surface area contributed by atoms with Crippen LogP contribution in [-0.4, -0.2) is 16.1 Å². The van der Waals surface area contributed by atoms with Gasteiger partial charge in [-0.05, 0) is 37.8 Å². The van der Waals surface area contributed by atoms with Crippen LogP contribution in [-0.2, 0) is 4.79 Å². The molecule has 2 atom stereocenters. The molecule has 2 unspecified atom stereocenters. The molecule has 1 N–H and O–H groups in total. The summed E-state index contributed by atoms with van der Waals surface area (Å²) < 4.78 is 0.940. The van der Waals surface area contributed by atoms with Gasteiger partial charge in [0.2, 0.25) is 5.91 Å². The molecule has 0 saturated carbocycles. The molecule has 1 amide bonds. The van der Waals surface area contributed by atoms with Crippen molar-refractivity contribution in [1.82, 2.24) is 4.98 Å². The Hall–Kier alpha value is -1.33. The number of nitrogens with one attached hydrogen (secondary N) is 1. The monoisotopic (exact) mass is 334 g/mol. The number of hydrogen-bond acceptors (Lipinski definition) is 4. The van der Waals surface area contributed by atoms with Crippen molar-refractivity contribution in [2.24, 2.45) is 0 Å². The third-order valence-corrected chi connectivity index (χ3v) is 5.80. The zero-order valence-electron chi connectivity index (χ0n) is 13.4. The number of para-hydroxylation sites is 1. The number of carbonyl (C=O) groups excluding carboxylic acids is 1. The first-order valence-corrected chi connectivity index (χ1v) is 9.25. The highest BCUT2D eigenvalue weighted by atomic mass is 32.2. The van der Waals surface area contributed by atoms with Crippen LogP contribution in [0, 0.1) is 6.92 Å². The van der Waals surface area contributed by atoms with Gasteiger partial charge in [-0.2, -0.15) is 0 Å². The first-order chi connectivity index (χ1) is 10.5. The van der Waals surface area contributed by atoms with Crippen LogP contribution >= 0.6 is 23.1 Å². The predicted molar refractivity (Wildman–Crippen MR) is 95.9 cm³/mol. The van der Waals surface area contributed by atoms with Crippen molar-refractivity contribution >= 4 is 34.7 Å². The van der Waals surface area contributed by atoms with E-state index in [0.29, 0.717) is 5.92 Å². The average molecular weight is 335 g/mol. The number of thiazole rings is 1. The second kappa shape index (κ2) is 7.79. The van der Waals surface area contributed by atoms with Crippen molar-refractivity contribution in [1.29, 1.82) is 0 Å². The summed E-state index contributed by atoms with van der Waals surface area (Å²) in [6.07, 6.45) is 1.05. The van der Waals surface area contributed by atoms with Gasteiger partial charge in [0.25, 0.3) is 0 Å². The molecule has 0 aliphatic carbocycles. The molecule has 0 spiro atoms. The summed E-state index contributed by atoms with van der Waals surface area (Å²) in [5.74, 6) is 0.453. The molecule has 5 heteroatoms. The lowest BCUT2D eigenvalue weighted by Crippen LogP contribution is -2.23. The van der Waals surface area contributed by atoms with Crippen molar-refractivity contribution < 1.29 is 4.79 Å². The number of amides is 1. The van der Waals surface area contributed by atoms with E-state index in [1.165, 1.54) is 17.3 Å². The van der Waals surface area contributed by atoms with Crippen LogP contribution in [0.15, 0.2) is 34.0 Å². The minimum absolute atomic E-state index is 0.0219. The van der Waals surface area contributed by atoms with Gasteiger partial charge in [0, 0.05) is 16.8 Å². The van der Waals surface area contributed by atoms with Gasteiger partial charge in [0.15, 0.2) is 4.34 Å². The molecule has 1 aromatic carbocycles. The fourth-order valence-electron chi connectivity index (χ4n) is 2.09. The SMILES string of the molecule is CCC(C)c1ccccc1NC(=O)C(C)Sc1nc(C)cs1. The van der Waals surface area contributed by atoms with Gasteiger partial charge in [-0.25, -0.2) is 4.98 Å². The summed E-state index contributed by atoms with van der Waals surface area (Å²) in [5.41, 5.74) is 3.12. The Balaban J connectivity index is 2.05. The van der Waals surface area contributed by atoms with Crippen LogP contribution in [0.1, 0.15) is 44.4 Å². The van der Waals surface area contributed by atoms with Gasteiger partial charge in [-0.15, -0.1) is 11.3 Å². The van der Waals surface area contributed by atoms with Gasteiger partial charge < -0.3 is 5.32 Å². The predicted octanol–water partition coefficient (Wildman–Crippen LogP) is 5.08. The molecule has 0 bridgehead atoms. The summed E-state index contributed by atoms with van der Waals surface area (Å²) in [6.45, 7) is 8.23. The molecule has 0 saturated heterocycles. The zero-order chi connectivity index (χ0) is 16.1. The van der Waals surface area contributed by atoms with Gasteiger partial charge in [0.05, 0.1) is 5.25 Å². The second-order valence-corrected chi connectivity index (χ2v) is 7.85. The number of aromatic nitrogens is 1. The molecular weight excluding hydrogens is 312 g/mol. The molecule has 22 heavy (non-hydrogen) atoms. The quantitative estimate of drug-likeness (QED) is 0.749. The van der Waals surface area contributed by atoms with E-state index in [0.717, 1.165) is 22.1 Å². The first kappa shape index (κ1) is 17.0. The maximum Gasteiger partial charge on any atom is 0.237 e. The van der Waals surface area contributed by atoms with Gasteiger partial charge >= 0.3 is 0 Å². The molecule has 2 aromatic rings. The first-order valence-electron chi connectivity index (χ1n) is 7.49. The van der Waals surface area contributed by atoms with Gasteiger partial charge in [-0.3, -0.25) is 4.79 Å². The Labute approximate surface area is 140 Å². The third kappa shape index (κ3) is 4.34. The highest BCUT2D eigenvalue weighted by molar-refractivity contribution is 8.02. The van der Waals surface area contributed by atoms with E-state index in [-0.39, 0.29) is 11.2 Å². The maximum atomic E-state index is 12.4. The molecule has 2 rings (SSSR count). The van der Waals surface area contributed by atoms with Crippen molar-refractivity contribution in [2.75, 3.05) is 5.32 Å². The van der Waals surface area contributed by atoms with Crippen LogP contribution in [0.2, 0.25) is 0 Å². The molecular formula is C17H22N2OS2. The highest BCUT2D eigenvalue weighted by Gasteiger charge is 2.18. The fourth-order valence-corrected chi connectivity index (χ4v) is 4.07. The number of thioether (sulfide) groups is 1. The van der Waals surface area contributed by atoms with Crippen LogP contribution in [0.3, 0.4) is 0 Å². The maximum absolute atomic E-state index is 12.4. The Kier molecular flexibility index (Phi) is 6.03. The molecule has 118 valence electrons. The third-order valence-electron chi connectivity index (χ3n) is 3.61. The lowest BCUT2D eigenvalue weighted by Gasteiger charge is -2.17.